The Hall–Kier alpha value is -2.99. The predicted octanol–water partition coefficient (Wildman–Crippen LogP) is 5.09. The highest BCUT2D eigenvalue weighted by molar-refractivity contribution is 5.86. The van der Waals surface area contributed by atoms with Gasteiger partial charge >= 0.3 is 0 Å². The molecule has 2 aromatic heterocycles. The van der Waals surface area contributed by atoms with Gasteiger partial charge in [-0.15, -0.1) is 0 Å². The van der Waals surface area contributed by atoms with Crippen LogP contribution < -0.4 is 10.2 Å². The van der Waals surface area contributed by atoms with Gasteiger partial charge in [-0.2, -0.15) is 0 Å². The summed E-state index contributed by atoms with van der Waals surface area (Å²) in [4.78, 5) is 18.8. The van der Waals surface area contributed by atoms with Crippen LogP contribution in [0.2, 0.25) is 0 Å². The third kappa shape index (κ3) is 3.98. The quantitative estimate of drug-likeness (QED) is 0.563. The Morgan fingerprint density at radius 2 is 1.86 bits per heavy atom. The summed E-state index contributed by atoms with van der Waals surface area (Å²) in [5, 5.41) is 3.57. The van der Waals surface area contributed by atoms with Crippen LogP contribution in [-0.4, -0.2) is 52.6 Å². The highest BCUT2D eigenvalue weighted by Gasteiger charge is 2.44. The summed E-state index contributed by atoms with van der Waals surface area (Å²) in [7, 11) is 0. The first-order chi connectivity index (χ1) is 16.8. The van der Waals surface area contributed by atoms with Crippen molar-refractivity contribution in [1.29, 1.82) is 0 Å². The van der Waals surface area contributed by atoms with Gasteiger partial charge in [0.2, 0.25) is 0 Å². The fraction of sp³-hybridized carbons (Fsp3) is 0.483. The molecule has 3 aliphatic heterocycles. The van der Waals surface area contributed by atoms with E-state index in [-0.39, 0.29) is 5.41 Å². The third-order valence-corrected chi connectivity index (χ3v) is 8.25. The number of hydrogen-bond donors (Lipinski definition) is 1. The first kappa shape index (κ1) is 22.5. The first-order valence-electron chi connectivity index (χ1n) is 13.0. The molecule has 0 amide bonds. The second-order valence-electron chi connectivity index (χ2n) is 11.6. The van der Waals surface area contributed by atoms with Gasteiger partial charge in [0.1, 0.15) is 11.8 Å². The minimum Gasteiger partial charge on any atom is -0.358 e. The number of aryl methyl sites for hydroxylation is 2. The minimum absolute atomic E-state index is 0.100. The molecule has 0 atom stereocenters. The number of benzene rings is 1. The molecule has 6 heteroatoms. The fourth-order valence-corrected chi connectivity index (χ4v) is 6.32. The van der Waals surface area contributed by atoms with Crippen LogP contribution >= 0.6 is 0 Å². The molecule has 0 aliphatic carbocycles. The molecule has 1 aromatic carbocycles. The Kier molecular flexibility index (Phi) is 5.33. The number of allylic oxidation sites excluding steroid dienone is 1. The number of piperidine rings is 1. The highest BCUT2D eigenvalue weighted by Crippen LogP contribution is 2.49. The van der Waals surface area contributed by atoms with E-state index < -0.39 is 0 Å². The van der Waals surface area contributed by atoms with Crippen LogP contribution in [0.15, 0.2) is 49.1 Å². The smallest absolute Gasteiger partial charge is 0.158 e. The number of pyridine rings is 1. The molecule has 6 rings (SSSR count). The number of hydrogen-bond acceptors (Lipinski definition) is 6. The van der Waals surface area contributed by atoms with Crippen LogP contribution in [0.25, 0.3) is 11.0 Å². The molecule has 5 heterocycles. The van der Waals surface area contributed by atoms with Crippen molar-refractivity contribution in [3.8, 4) is 0 Å². The van der Waals surface area contributed by atoms with Crippen LogP contribution in [0, 0.1) is 12.3 Å². The van der Waals surface area contributed by atoms with E-state index in [1.165, 1.54) is 28.1 Å². The number of nitrogens with one attached hydrogen (secondary N) is 1. The lowest BCUT2D eigenvalue weighted by Crippen LogP contribution is -2.53. The summed E-state index contributed by atoms with van der Waals surface area (Å²) in [5.74, 6) is 0.975. The molecule has 3 aromatic rings. The number of fused-ring (bicyclic) bond motifs is 3. The Morgan fingerprint density at radius 1 is 1.06 bits per heavy atom. The normalized spacial score (nSPS) is 20.7. The zero-order valence-corrected chi connectivity index (χ0v) is 21.3. The molecule has 2 saturated heterocycles. The lowest BCUT2D eigenvalue weighted by atomic mass is 9.72. The number of aromatic nitrogens is 3. The van der Waals surface area contributed by atoms with Crippen molar-refractivity contribution < 1.29 is 0 Å². The number of rotatable bonds is 5. The van der Waals surface area contributed by atoms with E-state index in [0.29, 0.717) is 5.41 Å². The van der Waals surface area contributed by atoms with Crippen molar-refractivity contribution in [1.82, 2.24) is 19.9 Å². The molecule has 6 nitrogen and oxygen atoms in total. The van der Waals surface area contributed by atoms with Crippen LogP contribution in [0.3, 0.4) is 0 Å². The minimum atomic E-state index is 0.100. The topological polar surface area (TPSA) is 57.2 Å². The third-order valence-electron chi connectivity index (χ3n) is 8.25. The predicted molar refractivity (Wildman–Crippen MR) is 143 cm³/mol. The fourth-order valence-electron chi connectivity index (χ4n) is 6.32. The van der Waals surface area contributed by atoms with Crippen molar-refractivity contribution in [2.45, 2.75) is 51.9 Å². The maximum Gasteiger partial charge on any atom is 0.158 e. The van der Waals surface area contributed by atoms with Crippen LogP contribution in [0.1, 0.15) is 49.8 Å². The van der Waals surface area contributed by atoms with Crippen molar-refractivity contribution in [2.24, 2.45) is 5.41 Å². The van der Waals surface area contributed by atoms with Crippen LogP contribution in [0.5, 0.6) is 0 Å². The number of anilines is 2. The molecule has 0 radical (unpaired) electrons. The maximum atomic E-state index is 4.79. The zero-order valence-electron chi connectivity index (χ0n) is 21.3. The van der Waals surface area contributed by atoms with E-state index in [1.807, 2.05) is 6.20 Å². The van der Waals surface area contributed by atoms with E-state index >= 15 is 0 Å². The highest BCUT2D eigenvalue weighted by atomic mass is 15.3. The average molecular weight is 469 g/mol. The van der Waals surface area contributed by atoms with Gasteiger partial charge < -0.3 is 15.1 Å². The van der Waals surface area contributed by atoms with Crippen molar-refractivity contribution in [3.05, 3.63) is 65.8 Å². The van der Waals surface area contributed by atoms with Crippen LogP contribution in [-0.2, 0) is 11.8 Å². The van der Waals surface area contributed by atoms with Gasteiger partial charge in [0.05, 0.1) is 5.52 Å². The summed E-state index contributed by atoms with van der Waals surface area (Å²) < 4.78 is 0. The lowest BCUT2D eigenvalue weighted by Gasteiger charge is -2.46. The molecule has 3 aliphatic rings. The van der Waals surface area contributed by atoms with Gasteiger partial charge in [-0.1, -0.05) is 38.1 Å². The molecule has 1 spiro atoms. The average Bonchev–Trinajstić information content (AvgIpc) is 3.08. The summed E-state index contributed by atoms with van der Waals surface area (Å²) in [6.07, 6.45) is 8.14. The molecule has 35 heavy (non-hydrogen) atoms. The molecule has 2 fully saturated rings. The Bertz CT molecular complexity index is 1280. The summed E-state index contributed by atoms with van der Waals surface area (Å²) in [6, 6.07) is 8.97. The van der Waals surface area contributed by atoms with E-state index in [2.05, 4.69) is 76.7 Å². The van der Waals surface area contributed by atoms with Crippen molar-refractivity contribution in [2.75, 3.05) is 42.9 Å². The second-order valence-corrected chi connectivity index (χ2v) is 11.6. The van der Waals surface area contributed by atoms with Gasteiger partial charge in [-0.05, 0) is 80.9 Å². The van der Waals surface area contributed by atoms with E-state index in [0.717, 1.165) is 75.3 Å². The zero-order chi connectivity index (χ0) is 24.2. The molecule has 0 saturated carbocycles. The van der Waals surface area contributed by atoms with Gasteiger partial charge in [0.25, 0.3) is 0 Å². The van der Waals surface area contributed by atoms with Crippen molar-refractivity contribution in [3.63, 3.8) is 0 Å². The van der Waals surface area contributed by atoms with Gasteiger partial charge in [0.15, 0.2) is 5.82 Å². The van der Waals surface area contributed by atoms with Crippen molar-refractivity contribution >= 4 is 22.5 Å². The molecular weight excluding hydrogens is 432 g/mol. The first-order valence-corrected chi connectivity index (χ1v) is 13.0. The largest absolute Gasteiger partial charge is 0.358 e. The molecular formula is C29H36N6. The maximum absolute atomic E-state index is 4.79. The molecule has 1 N–H and O–H groups in total. The number of nitrogens with zero attached hydrogens (tertiary/aromatic N) is 5. The summed E-state index contributed by atoms with van der Waals surface area (Å²) in [5.41, 5.74) is 8.82. The number of likely N-dealkylation sites (tertiary alicyclic amines) is 1. The van der Waals surface area contributed by atoms with Gasteiger partial charge in [-0.3, -0.25) is 4.98 Å². The van der Waals surface area contributed by atoms with Gasteiger partial charge in [0, 0.05) is 36.1 Å². The lowest BCUT2D eigenvalue weighted by molar-refractivity contribution is 0.179. The van der Waals surface area contributed by atoms with Gasteiger partial charge in [-0.25, -0.2) is 9.97 Å². The van der Waals surface area contributed by atoms with E-state index in [4.69, 9.17) is 4.98 Å². The Labute approximate surface area is 208 Å². The molecule has 0 bridgehead atoms. The van der Waals surface area contributed by atoms with Crippen LogP contribution in [0.4, 0.5) is 11.5 Å². The Morgan fingerprint density at radius 3 is 2.63 bits per heavy atom. The molecule has 182 valence electrons. The van der Waals surface area contributed by atoms with E-state index in [9.17, 15) is 0 Å². The summed E-state index contributed by atoms with van der Waals surface area (Å²) in [6.45, 7) is 16.6. The molecule has 0 unspecified atom stereocenters. The monoisotopic (exact) mass is 468 g/mol. The second kappa shape index (κ2) is 8.30. The van der Waals surface area contributed by atoms with E-state index in [1.54, 1.807) is 6.33 Å². The Balaban J connectivity index is 1.06. The SMILES string of the molecule is C=C1Nc2ccc(C)cc2C12CCN(CCCc1cnc3c(N4CC(C)(C)C4)ncnc3c1)CC2. The standard InChI is InChI=1S/C29H36N6/c1-20-7-8-24-23(14-20)29(21(2)33-24)9-12-34(13-10-29)11-5-6-22-15-25-26(30-16-22)27(32-19-31-25)35-17-28(3,4)18-35/h7-8,14-16,19,33H,2,5-6,9-13,17-18H2,1,3-4H3. The summed E-state index contributed by atoms with van der Waals surface area (Å²) >= 11 is 0.